The van der Waals surface area contributed by atoms with E-state index < -0.39 is 0 Å². The molecule has 0 radical (unpaired) electrons. The van der Waals surface area contributed by atoms with Crippen LogP contribution in [0.3, 0.4) is 0 Å². The molecule has 4 heterocycles. The molecule has 0 saturated heterocycles. The Bertz CT molecular complexity index is 1030. The number of amides is 1. The first-order chi connectivity index (χ1) is 13.3. The summed E-state index contributed by atoms with van der Waals surface area (Å²) >= 11 is 1.41. The van der Waals surface area contributed by atoms with Crippen molar-refractivity contribution in [2.24, 2.45) is 0 Å². The molecule has 4 rings (SSSR count). The van der Waals surface area contributed by atoms with E-state index in [0.717, 1.165) is 0 Å². The van der Waals surface area contributed by atoms with Crippen molar-refractivity contribution in [1.29, 1.82) is 0 Å². The van der Waals surface area contributed by atoms with Gasteiger partial charge in [-0.2, -0.15) is 5.10 Å². The average molecular weight is 378 g/mol. The molecule has 0 saturated carbocycles. The highest BCUT2D eigenvalue weighted by atomic mass is 32.1. The molecule has 0 fully saturated rings. The van der Waals surface area contributed by atoms with Crippen molar-refractivity contribution in [3.8, 4) is 22.4 Å². The van der Waals surface area contributed by atoms with Crippen LogP contribution in [0.15, 0.2) is 48.2 Å². The molecule has 27 heavy (non-hydrogen) atoms. The van der Waals surface area contributed by atoms with Gasteiger partial charge in [0.05, 0.1) is 18.7 Å². The Morgan fingerprint density at radius 2 is 1.89 bits per heavy atom. The van der Waals surface area contributed by atoms with Crippen LogP contribution in [0.1, 0.15) is 11.5 Å². The number of pyridine rings is 1. The predicted octanol–water partition coefficient (Wildman–Crippen LogP) is 1.64. The largest absolute Gasteiger partial charge is 0.348 e. The Morgan fingerprint density at radius 1 is 1.04 bits per heavy atom. The van der Waals surface area contributed by atoms with Crippen molar-refractivity contribution in [1.82, 2.24) is 40.4 Å². The SMILES string of the molecule is O=C(Cc1csc(-c2ncccn2)n1)NCc1nc(-c2ccccn2)n[nH]1. The smallest absolute Gasteiger partial charge is 0.226 e. The summed E-state index contributed by atoms with van der Waals surface area (Å²) in [5, 5.41) is 12.2. The Balaban J connectivity index is 1.33. The van der Waals surface area contributed by atoms with Gasteiger partial charge in [0.2, 0.25) is 5.91 Å². The zero-order chi connectivity index (χ0) is 18.5. The summed E-state index contributed by atoms with van der Waals surface area (Å²) in [5.41, 5.74) is 1.34. The van der Waals surface area contributed by atoms with Crippen molar-refractivity contribution < 1.29 is 4.79 Å². The summed E-state index contributed by atoms with van der Waals surface area (Å²) in [7, 11) is 0. The second-order valence-corrected chi connectivity index (χ2v) is 6.35. The summed E-state index contributed by atoms with van der Waals surface area (Å²) in [6, 6.07) is 7.25. The first-order valence-corrected chi connectivity index (χ1v) is 8.97. The monoisotopic (exact) mass is 378 g/mol. The van der Waals surface area contributed by atoms with Crippen molar-refractivity contribution in [3.63, 3.8) is 0 Å². The number of rotatable bonds is 6. The molecule has 134 valence electrons. The molecular formula is C17H14N8OS. The van der Waals surface area contributed by atoms with E-state index in [9.17, 15) is 4.79 Å². The lowest BCUT2D eigenvalue weighted by atomic mass is 10.3. The van der Waals surface area contributed by atoms with E-state index in [-0.39, 0.29) is 18.9 Å². The molecule has 0 atom stereocenters. The molecule has 0 spiro atoms. The maximum Gasteiger partial charge on any atom is 0.226 e. The Kier molecular flexibility index (Phi) is 4.88. The minimum absolute atomic E-state index is 0.156. The maximum absolute atomic E-state index is 12.2. The molecule has 4 aromatic rings. The van der Waals surface area contributed by atoms with Crippen LogP contribution in [0.25, 0.3) is 22.4 Å². The number of nitrogens with zero attached hydrogens (tertiary/aromatic N) is 6. The minimum atomic E-state index is -0.156. The van der Waals surface area contributed by atoms with Gasteiger partial charge in [0.15, 0.2) is 16.7 Å². The second kappa shape index (κ2) is 7.79. The Morgan fingerprint density at radius 3 is 2.70 bits per heavy atom. The van der Waals surface area contributed by atoms with Crippen LogP contribution in [-0.2, 0) is 17.8 Å². The van der Waals surface area contributed by atoms with Gasteiger partial charge in [-0.1, -0.05) is 6.07 Å². The third-order valence-electron chi connectivity index (χ3n) is 3.53. The van der Waals surface area contributed by atoms with E-state index >= 15 is 0 Å². The summed E-state index contributed by atoms with van der Waals surface area (Å²) < 4.78 is 0. The van der Waals surface area contributed by atoms with Gasteiger partial charge in [-0.3, -0.25) is 14.9 Å². The van der Waals surface area contributed by atoms with Gasteiger partial charge in [-0.15, -0.1) is 11.3 Å². The third kappa shape index (κ3) is 4.18. The number of carbonyl (C=O) groups excluding carboxylic acids is 1. The van der Waals surface area contributed by atoms with Gasteiger partial charge in [-0.25, -0.2) is 19.9 Å². The fraction of sp³-hybridized carbons (Fsp3) is 0.118. The summed E-state index contributed by atoms with van der Waals surface area (Å²) in [6.45, 7) is 0.247. The zero-order valence-corrected chi connectivity index (χ0v) is 14.8. The van der Waals surface area contributed by atoms with Crippen LogP contribution in [0.2, 0.25) is 0 Å². The molecule has 1 amide bonds. The highest BCUT2D eigenvalue weighted by Crippen LogP contribution is 2.19. The minimum Gasteiger partial charge on any atom is -0.348 e. The maximum atomic E-state index is 12.2. The van der Waals surface area contributed by atoms with Crippen molar-refractivity contribution in [3.05, 3.63) is 59.8 Å². The predicted molar refractivity (Wildman–Crippen MR) is 98.3 cm³/mol. The molecule has 0 aliphatic heterocycles. The molecule has 4 aromatic heterocycles. The van der Waals surface area contributed by atoms with Gasteiger partial charge < -0.3 is 5.32 Å². The van der Waals surface area contributed by atoms with Crippen molar-refractivity contribution in [2.75, 3.05) is 0 Å². The van der Waals surface area contributed by atoms with Crippen molar-refractivity contribution in [2.45, 2.75) is 13.0 Å². The van der Waals surface area contributed by atoms with Crippen LogP contribution in [0.5, 0.6) is 0 Å². The van der Waals surface area contributed by atoms with Gasteiger partial charge in [0, 0.05) is 24.0 Å². The zero-order valence-electron chi connectivity index (χ0n) is 14.0. The molecule has 9 nitrogen and oxygen atoms in total. The van der Waals surface area contributed by atoms with Crippen LogP contribution >= 0.6 is 11.3 Å². The molecule has 2 N–H and O–H groups in total. The molecule has 10 heteroatoms. The highest BCUT2D eigenvalue weighted by Gasteiger charge is 2.12. The number of H-pyrrole nitrogens is 1. The first-order valence-electron chi connectivity index (χ1n) is 8.09. The molecule has 0 unspecified atom stereocenters. The number of aromatic amines is 1. The number of hydrogen-bond acceptors (Lipinski definition) is 8. The number of nitrogens with one attached hydrogen (secondary N) is 2. The van der Waals surface area contributed by atoms with Gasteiger partial charge >= 0.3 is 0 Å². The summed E-state index contributed by atoms with van der Waals surface area (Å²) in [5.74, 6) is 1.45. The van der Waals surface area contributed by atoms with E-state index in [4.69, 9.17) is 0 Å². The van der Waals surface area contributed by atoms with Crippen LogP contribution < -0.4 is 5.32 Å². The van der Waals surface area contributed by atoms with Crippen LogP contribution in [-0.4, -0.2) is 41.0 Å². The number of hydrogen-bond donors (Lipinski definition) is 2. The summed E-state index contributed by atoms with van der Waals surface area (Å²) in [6.07, 6.45) is 5.17. The fourth-order valence-corrected chi connectivity index (χ4v) is 3.06. The quantitative estimate of drug-likeness (QED) is 0.523. The number of aromatic nitrogens is 7. The Hall–Kier alpha value is -3.53. The lowest BCUT2D eigenvalue weighted by molar-refractivity contribution is -0.120. The number of carbonyl (C=O) groups is 1. The average Bonchev–Trinajstić information content (AvgIpc) is 3.37. The molecule has 0 aromatic carbocycles. The second-order valence-electron chi connectivity index (χ2n) is 5.49. The van der Waals surface area contributed by atoms with Crippen LogP contribution in [0, 0.1) is 0 Å². The molecular weight excluding hydrogens is 364 g/mol. The van der Waals surface area contributed by atoms with Crippen molar-refractivity contribution >= 4 is 17.2 Å². The molecule has 0 aliphatic carbocycles. The van der Waals surface area contributed by atoms with Gasteiger partial charge in [0.25, 0.3) is 0 Å². The normalized spacial score (nSPS) is 10.7. The summed E-state index contributed by atoms with van der Waals surface area (Å²) in [4.78, 5) is 33.4. The van der Waals surface area contributed by atoms with E-state index in [1.807, 2.05) is 23.6 Å². The van der Waals surface area contributed by atoms with Crippen LogP contribution in [0.4, 0.5) is 0 Å². The van der Waals surface area contributed by atoms with E-state index in [1.165, 1.54) is 11.3 Å². The fourth-order valence-electron chi connectivity index (χ4n) is 2.29. The Labute approximate surface area is 158 Å². The third-order valence-corrected chi connectivity index (χ3v) is 4.42. The van der Waals surface area contributed by atoms with E-state index in [2.05, 4.69) is 40.4 Å². The number of thiazole rings is 1. The highest BCUT2D eigenvalue weighted by molar-refractivity contribution is 7.13. The topological polar surface area (TPSA) is 122 Å². The first kappa shape index (κ1) is 16.9. The molecule has 0 bridgehead atoms. The van der Waals surface area contributed by atoms with Gasteiger partial charge in [0.1, 0.15) is 11.5 Å². The van der Waals surface area contributed by atoms with E-state index in [0.29, 0.717) is 33.9 Å². The van der Waals surface area contributed by atoms with E-state index in [1.54, 1.807) is 24.7 Å². The standard InChI is InChI=1S/C17H14N8OS/c26-14(8-11-10-27-17(22-11)16-19-6-3-7-20-16)21-9-13-23-15(25-24-13)12-4-1-2-5-18-12/h1-7,10H,8-9H2,(H,21,26)(H,23,24,25). The lowest BCUT2D eigenvalue weighted by Gasteiger charge is -2.00. The van der Waals surface area contributed by atoms with Gasteiger partial charge in [-0.05, 0) is 18.2 Å². The lowest BCUT2D eigenvalue weighted by Crippen LogP contribution is -2.25. The molecule has 0 aliphatic rings.